The Balaban J connectivity index is 1.23. The largest absolute Gasteiger partial charge is 0.378 e. The number of halogens is 1. The maximum atomic E-state index is 13.4. The number of carbonyl (C=O) groups excluding carboxylic acids is 2. The van der Waals surface area contributed by atoms with E-state index in [0.717, 1.165) is 11.1 Å². The van der Waals surface area contributed by atoms with Gasteiger partial charge in [-0.15, -0.1) is 5.10 Å². The lowest BCUT2D eigenvalue weighted by molar-refractivity contribution is 0.0299. The van der Waals surface area contributed by atoms with Crippen molar-refractivity contribution in [1.82, 2.24) is 25.2 Å². The normalized spacial score (nSPS) is 13.7. The highest BCUT2D eigenvalue weighted by Crippen LogP contribution is 2.20. The molecule has 1 aromatic heterocycles. The molecule has 2 amide bonds. The van der Waals surface area contributed by atoms with Crippen molar-refractivity contribution in [2.45, 2.75) is 13.0 Å². The molecule has 3 aromatic rings. The van der Waals surface area contributed by atoms with Crippen molar-refractivity contribution in [2.24, 2.45) is 0 Å². The van der Waals surface area contributed by atoms with Gasteiger partial charge in [-0.1, -0.05) is 29.5 Å². The average Bonchev–Trinajstić information content (AvgIpc) is 3.31. The second-order valence-corrected chi connectivity index (χ2v) is 7.47. The van der Waals surface area contributed by atoms with E-state index in [2.05, 4.69) is 15.6 Å². The van der Waals surface area contributed by atoms with Crippen LogP contribution in [-0.2, 0) is 11.3 Å². The molecule has 1 aliphatic rings. The summed E-state index contributed by atoms with van der Waals surface area (Å²) >= 11 is 0. The number of carbonyl (C=O) groups is 2. The molecule has 1 saturated heterocycles. The highest BCUT2D eigenvalue weighted by Gasteiger charge is 2.21. The Morgan fingerprint density at radius 1 is 1.06 bits per heavy atom. The Labute approximate surface area is 185 Å². The van der Waals surface area contributed by atoms with Gasteiger partial charge in [-0.05, 0) is 41.8 Å². The SMILES string of the molecule is O=C(NCCCn1cc(C(=O)N2CCOCC2)nn1)c1ccc(-c2cccc(F)c2)cc1. The molecule has 1 aliphatic heterocycles. The quantitative estimate of drug-likeness (QED) is 0.574. The van der Waals surface area contributed by atoms with Crippen LogP contribution in [0.4, 0.5) is 4.39 Å². The zero-order chi connectivity index (χ0) is 22.3. The number of hydrogen-bond donors (Lipinski definition) is 1. The summed E-state index contributed by atoms with van der Waals surface area (Å²) in [4.78, 5) is 26.5. The maximum absolute atomic E-state index is 13.4. The van der Waals surface area contributed by atoms with Gasteiger partial charge in [0.1, 0.15) is 5.82 Å². The van der Waals surface area contributed by atoms with Crippen LogP contribution in [0.15, 0.2) is 54.7 Å². The van der Waals surface area contributed by atoms with Gasteiger partial charge in [0.2, 0.25) is 0 Å². The molecule has 2 aromatic carbocycles. The second kappa shape index (κ2) is 10.1. The maximum Gasteiger partial charge on any atom is 0.276 e. The molecule has 0 bridgehead atoms. The molecule has 166 valence electrons. The van der Waals surface area contributed by atoms with Crippen molar-refractivity contribution in [1.29, 1.82) is 0 Å². The minimum Gasteiger partial charge on any atom is -0.378 e. The molecule has 0 saturated carbocycles. The van der Waals surface area contributed by atoms with Crippen molar-refractivity contribution in [2.75, 3.05) is 32.8 Å². The molecular formula is C23H24FN5O3. The molecule has 0 radical (unpaired) electrons. The van der Waals surface area contributed by atoms with Crippen LogP contribution in [0, 0.1) is 5.82 Å². The Hall–Kier alpha value is -3.59. The molecule has 1 N–H and O–H groups in total. The number of rotatable bonds is 7. The van der Waals surface area contributed by atoms with Gasteiger partial charge in [-0.3, -0.25) is 14.3 Å². The number of hydrogen-bond acceptors (Lipinski definition) is 5. The zero-order valence-corrected chi connectivity index (χ0v) is 17.5. The number of morpholine rings is 1. The Morgan fingerprint density at radius 3 is 2.59 bits per heavy atom. The Kier molecular flexibility index (Phi) is 6.86. The fourth-order valence-electron chi connectivity index (χ4n) is 3.46. The minimum atomic E-state index is -0.297. The van der Waals surface area contributed by atoms with Gasteiger partial charge in [0.15, 0.2) is 5.69 Å². The van der Waals surface area contributed by atoms with Crippen LogP contribution in [0.2, 0.25) is 0 Å². The van der Waals surface area contributed by atoms with Crippen LogP contribution in [-0.4, -0.2) is 64.6 Å². The number of amides is 2. The third-order valence-electron chi connectivity index (χ3n) is 5.21. The van der Waals surface area contributed by atoms with E-state index < -0.39 is 0 Å². The monoisotopic (exact) mass is 437 g/mol. The van der Waals surface area contributed by atoms with Gasteiger partial charge in [-0.25, -0.2) is 4.39 Å². The van der Waals surface area contributed by atoms with Gasteiger partial charge < -0.3 is 15.0 Å². The van der Waals surface area contributed by atoms with Crippen molar-refractivity contribution in [3.63, 3.8) is 0 Å². The van der Waals surface area contributed by atoms with Crippen LogP contribution in [0.3, 0.4) is 0 Å². The first-order valence-corrected chi connectivity index (χ1v) is 10.5. The first-order chi connectivity index (χ1) is 15.6. The van der Waals surface area contributed by atoms with Gasteiger partial charge >= 0.3 is 0 Å². The fourth-order valence-corrected chi connectivity index (χ4v) is 3.46. The number of nitrogens with zero attached hydrogens (tertiary/aromatic N) is 4. The molecule has 9 heteroatoms. The molecule has 2 heterocycles. The number of nitrogens with one attached hydrogen (secondary N) is 1. The van der Waals surface area contributed by atoms with Gasteiger partial charge in [0.05, 0.1) is 19.4 Å². The van der Waals surface area contributed by atoms with E-state index in [9.17, 15) is 14.0 Å². The summed E-state index contributed by atoms with van der Waals surface area (Å²) in [7, 11) is 0. The smallest absolute Gasteiger partial charge is 0.276 e. The lowest BCUT2D eigenvalue weighted by Crippen LogP contribution is -2.40. The summed E-state index contributed by atoms with van der Waals surface area (Å²) in [5.74, 6) is -0.624. The van der Waals surface area contributed by atoms with E-state index in [-0.39, 0.29) is 17.6 Å². The summed E-state index contributed by atoms with van der Waals surface area (Å²) in [5.41, 5.74) is 2.45. The third kappa shape index (κ3) is 5.36. The van der Waals surface area contributed by atoms with Gasteiger partial charge in [0, 0.05) is 31.7 Å². The van der Waals surface area contributed by atoms with E-state index in [1.165, 1.54) is 12.1 Å². The zero-order valence-electron chi connectivity index (χ0n) is 17.5. The van der Waals surface area contributed by atoms with Crippen LogP contribution in [0.1, 0.15) is 27.3 Å². The van der Waals surface area contributed by atoms with Crippen LogP contribution >= 0.6 is 0 Å². The van der Waals surface area contributed by atoms with Crippen LogP contribution in [0.25, 0.3) is 11.1 Å². The lowest BCUT2D eigenvalue weighted by atomic mass is 10.0. The topological polar surface area (TPSA) is 89.4 Å². The fraction of sp³-hybridized carbons (Fsp3) is 0.304. The molecular weight excluding hydrogens is 413 g/mol. The van der Waals surface area contributed by atoms with E-state index >= 15 is 0 Å². The number of benzene rings is 2. The van der Waals surface area contributed by atoms with Gasteiger partial charge in [0.25, 0.3) is 11.8 Å². The summed E-state index contributed by atoms with van der Waals surface area (Å²) in [6.07, 6.45) is 2.27. The molecule has 1 fully saturated rings. The van der Waals surface area contributed by atoms with E-state index in [1.54, 1.807) is 46.1 Å². The minimum absolute atomic E-state index is 0.144. The molecule has 32 heavy (non-hydrogen) atoms. The first kappa shape index (κ1) is 21.6. The molecule has 0 atom stereocenters. The van der Waals surface area contributed by atoms with Crippen molar-refractivity contribution in [3.05, 3.63) is 71.8 Å². The van der Waals surface area contributed by atoms with E-state index in [0.29, 0.717) is 57.1 Å². The van der Waals surface area contributed by atoms with E-state index in [4.69, 9.17) is 4.74 Å². The van der Waals surface area contributed by atoms with Crippen molar-refractivity contribution in [3.8, 4) is 11.1 Å². The molecule has 0 aliphatic carbocycles. The third-order valence-corrected chi connectivity index (χ3v) is 5.21. The summed E-state index contributed by atoms with van der Waals surface area (Å²) in [5, 5.41) is 10.8. The lowest BCUT2D eigenvalue weighted by Gasteiger charge is -2.25. The number of ether oxygens (including phenoxy) is 1. The van der Waals surface area contributed by atoms with Crippen molar-refractivity contribution < 1.29 is 18.7 Å². The summed E-state index contributed by atoms with van der Waals surface area (Å²) in [6.45, 7) is 3.17. The molecule has 0 unspecified atom stereocenters. The highest BCUT2D eigenvalue weighted by molar-refractivity contribution is 5.94. The van der Waals surface area contributed by atoms with Gasteiger partial charge in [-0.2, -0.15) is 0 Å². The number of aromatic nitrogens is 3. The molecule has 4 rings (SSSR count). The summed E-state index contributed by atoms with van der Waals surface area (Å²) in [6, 6.07) is 13.4. The Bertz CT molecular complexity index is 1080. The molecule has 0 spiro atoms. The standard InChI is InChI=1S/C23H24FN5O3/c24-20-4-1-3-19(15-20)17-5-7-18(8-6-17)22(30)25-9-2-10-29-16-21(26-27-29)23(31)28-11-13-32-14-12-28/h1,3-8,15-16H,2,9-14H2,(H,25,30). The average molecular weight is 437 g/mol. The van der Waals surface area contributed by atoms with Crippen LogP contribution < -0.4 is 5.32 Å². The first-order valence-electron chi connectivity index (χ1n) is 10.5. The summed E-state index contributed by atoms with van der Waals surface area (Å²) < 4.78 is 20.2. The van der Waals surface area contributed by atoms with E-state index in [1.807, 2.05) is 6.07 Å². The predicted molar refractivity (Wildman–Crippen MR) is 116 cm³/mol. The Morgan fingerprint density at radius 2 is 1.84 bits per heavy atom. The van der Waals surface area contributed by atoms with Crippen LogP contribution in [0.5, 0.6) is 0 Å². The highest BCUT2D eigenvalue weighted by atomic mass is 19.1. The predicted octanol–water partition coefficient (Wildman–Crippen LogP) is 2.38. The second-order valence-electron chi connectivity index (χ2n) is 7.47. The molecule has 8 nitrogen and oxygen atoms in total. The van der Waals surface area contributed by atoms with Crippen molar-refractivity contribution >= 4 is 11.8 Å². The number of aryl methyl sites for hydroxylation is 1.